The van der Waals surface area contributed by atoms with Gasteiger partial charge in [0.05, 0.1) is 8.07 Å². The van der Waals surface area contributed by atoms with Gasteiger partial charge in [0.25, 0.3) is 0 Å². The maximum Gasteiger partial charge on any atom is 0.0770 e. The van der Waals surface area contributed by atoms with Gasteiger partial charge in [0.1, 0.15) is 0 Å². The third-order valence-electron chi connectivity index (χ3n) is 11.0. The third kappa shape index (κ3) is 33.6. The first-order valence-electron chi connectivity index (χ1n) is 21.9. The molecule has 270 valence electrons. The fourth-order valence-corrected chi connectivity index (χ4v) is 11.9. The molecule has 45 heavy (non-hydrogen) atoms. The molecule has 0 aliphatic carbocycles. The molecule has 0 rings (SSSR count). The van der Waals surface area contributed by atoms with Crippen molar-refractivity contribution in [1.82, 2.24) is 0 Å². The molecule has 0 fully saturated rings. The average molecular weight is 647 g/mol. The molecular formula is C44H90Si. The lowest BCUT2D eigenvalue weighted by Crippen LogP contribution is -2.31. The first-order valence-corrected chi connectivity index (χ1v) is 24.6. The van der Waals surface area contributed by atoms with E-state index in [0.29, 0.717) is 0 Å². The van der Waals surface area contributed by atoms with Gasteiger partial charge >= 0.3 is 0 Å². The van der Waals surface area contributed by atoms with E-state index in [9.17, 15) is 0 Å². The smallest absolute Gasteiger partial charge is 0.0770 e. The van der Waals surface area contributed by atoms with Gasteiger partial charge in [-0.2, -0.15) is 0 Å². The van der Waals surface area contributed by atoms with E-state index in [-0.39, 0.29) is 0 Å². The summed E-state index contributed by atoms with van der Waals surface area (Å²) >= 11 is 0. The van der Waals surface area contributed by atoms with Gasteiger partial charge in [0, 0.05) is 0 Å². The minimum atomic E-state index is -1.30. The van der Waals surface area contributed by atoms with Crippen LogP contribution >= 0.6 is 0 Å². The number of hydrogen-bond donors (Lipinski definition) is 0. The number of rotatable bonds is 40. The Morgan fingerprint density at radius 2 is 0.422 bits per heavy atom. The van der Waals surface area contributed by atoms with Crippen molar-refractivity contribution in [1.29, 1.82) is 0 Å². The largest absolute Gasteiger partial charge is 0.107 e. The Kier molecular flexibility index (Phi) is 38.4. The maximum absolute atomic E-state index is 4.52. The standard InChI is InChI=1S/C44H90Si/c1-5-9-12-15-18-21-24-27-30-33-36-39-42-45(8-4,43-40-37-34-31-28-25-22-19-16-13-10-6-2)44-41-38-35-32-29-26-23-20-17-14-11-7-3/h8H,4-7,9-44H2,1-3H3. The first-order chi connectivity index (χ1) is 22.2. The molecule has 0 aromatic carbocycles. The van der Waals surface area contributed by atoms with Crippen molar-refractivity contribution in [3.8, 4) is 0 Å². The molecule has 0 atom stereocenters. The van der Waals surface area contributed by atoms with Crippen LogP contribution in [0.25, 0.3) is 0 Å². The van der Waals surface area contributed by atoms with E-state index in [1.807, 2.05) is 0 Å². The number of hydrogen-bond acceptors (Lipinski definition) is 0. The molecule has 0 radical (unpaired) electrons. The lowest BCUT2D eigenvalue weighted by Gasteiger charge is -2.29. The van der Waals surface area contributed by atoms with Crippen LogP contribution in [0.3, 0.4) is 0 Å². The molecule has 0 bridgehead atoms. The first kappa shape index (κ1) is 45.0. The van der Waals surface area contributed by atoms with Gasteiger partial charge in [-0.15, -0.1) is 12.3 Å². The second-order valence-electron chi connectivity index (χ2n) is 15.5. The average Bonchev–Trinajstić information content (AvgIpc) is 3.05. The molecule has 0 nitrogen and oxygen atoms in total. The van der Waals surface area contributed by atoms with Gasteiger partial charge < -0.3 is 0 Å². The molecule has 0 aromatic rings. The Morgan fingerprint density at radius 1 is 0.267 bits per heavy atom. The summed E-state index contributed by atoms with van der Waals surface area (Å²) in [4.78, 5) is 0. The normalized spacial score (nSPS) is 11.9. The van der Waals surface area contributed by atoms with Crippen LogP contribution in [-0.2, 0) is 0 Å². The second-order valence-corrected chi connectivity index (χ2v) is 20.1. The minimum Gasteiger partial charge on any atom is -0.107 e. The summed E-state index contributed by atoms with van der Waals surface area (Å²) in [6, 6.07) is 4.64. The fourth-order valence-electron chi connectivity index (χ4n) is 7.64. The maximum atomic E-state index is 4.52. The highest BCUT2D eigenvalue weighted by atomic mass is 28.3. The summed E-state index contributed by atoms with van der Waals surface area (Å²) in [5, 5.41) is 0. The summed E-state index contributed by atoms with van der Waals surface area (Å²) in [5.41, 5.74) is 2.57. The highest BCUT2D eigenvalue weighted by Crippen LogP contribution is 2.31. The van der Waals surface area contributed by atoms with Crippen molar-refractivity contribution < 1.29 is 0 Å². The van der Waals surface area contributed by atoms with Crippen LogP contribution in [0.5, 0.6) is 0 Å². The van der Waals surface area contributed by atoms with E-state index in [1.165, 1.54) is 231 Å². The monoisotopic (exact) mass is 647 g/mol. The summed E-state index contributed by atoms with van der Waals surface area (Å²) < 4.78 is 0. The zero-order chi connectivity index (χ0) is 32.8. The highest BCUT2D eigenvalue weighted by molar-refractivity contribution is 6.84. The van der Waals surface area contributed by atoms with Crippen molar-refractivity contribution in [3.05, 3.63) is 12.3 Å². The summed E-state index contributed by atoms with van der Waals surface area (Å²) in [6.45, 7) is 11.5. The van der Waals surface area contributed by atoms with Crippen LogP contribution in [0, 0.1) is 0 Å². The molecule has 0 saturated carbocycles. The quantitative estimate of drug-likeness (QED) is 0.0459. The van der Waals surface area contributed by atoms with Gasteiger partial charge in [0.15, 0.2) is 0 Å². The summed E-state index contributed by atoms with van der Waals surface area (Å²) in [6.07, 6.45) is 52.8. The molecule has 0 spiro atoms. The van der Waals surface area contributed by atoms with Gasteiger partial charge in [-0.25, -0.2) is 0 Å². The van der Waals surface area contributed by atoms with Crippen molar-refractivity contribution in [3.63, 3.8) is 0 Å². The van der Waals surface area contributed by atoms with Crippen molar-refractivity contribution in [2.45, 2.75) is 270 Å². The van der Waals surface area contributed by atoms with E-state index in [4.69, 9.17) is 0 Å². The summed E-state index contributed by atoms with van der Waals surface area (Å²) in [5.74, 6) is 0. The lowest BCUT2D eigenvalue weighted by molar-refractivity contribution is 0.544. The van der Waals surface area contributed by atoms with E-state index in [1.54, 1.807) is 18.1 Å². The Morgan fingerprint density at radius 3 is 0.578 bits per heavy atom. The van der Waals surface area contributed by atoms with Crippen LogP contribution in [0.2, 0.25) is 18.1 Å². The van der Waals surface area contributed by atoms with Gasteiger partial charge in [-0.05, 0) is 0 Å². The molecule has 0 aromatic heterocycles. The van der Waals surface area contributed by atoms with E-state index >= 15 is 0 Å². The molecule has 0 aliphatic rings. The van der Waals surface area contributed by atoms with Gasteiger partial charge in [0.2, 0.25) is 0 Å². The van der Waals surface area contributed by atoms with Crippen molar-refractivity contribution >= 4 is 8.07 Å². The van der Waals surface area contributed by atoms with Gasteiger partial charge in [-0.3, -0.25) is 0 Å². The Hall–Kier alpha value is -0.0431. The zero-order valence-corrected chi connectivity index (χ0v) is 33.4. The Labute approximate surface area is 289 Å². The molecule has 0 saturated heterocycles. The molecule has 0 unspecified atom stereocenters. The third-order valence-corrected chi connectivity index (χ3v) is 15.9. The van der Waals surface area contributed by atoms with Crippen LogP contribution < -0.4 is 0 Å². The molecule has 0 aliphatic heterocycles. The highest BCUT2D eigenvalue weighted by Gasteiger charge is 2.27. The van der Waals surface area contributed by atoms with Crippen LogP contribution in [0.1, 0.15) is 252 Å². The lowest BCUT2D eigenvalue weighted by atomic mass is 10.1. The SMILES string of the molecule is C=C[Si](CCCCCCCCCCCCCC)(CCCCCCCCCCCCCC)CCCCCCCCCCCCCC. The topological polar surface area (TPSA) is 0 Å². The van der Waals surface area contributed by atoms with Crippen LogP contribution in [-0.4, -0.2) is 8.07 Å². The van der Waals surface area contributed by atoms with Crippen LogP contribution in [0.15, 0.2) is 12.3 Å². The van der Waals surface area contributed by atoms with E-state index in [2.05, 4.69) is 33.0 Å². The number of unbranched alkanes of at least 4 members (excludes halogenated alkanes) is 33. The predicted molar refractivity (Wildman–Crippen MR) is 214 cm³/mol. The predicted octanol–water partition coefficient (Wildman–Crippen LogP) is 17.3. The van der Waals surface area contributed by atoms with E-state index in [0.717, 1.165) is 0 Å². The Balaban J connectivity index is 4.22. The summed E-state index contributed by atoms with van der Waals surface area (Å²) in [7, 11) is -1.30. The molecule has 0 amide bonds. The minimum absolute atomic E-state index is 1.30. The molecule has 0 heterocycles. The second kappa shape index (κ2) is 38.4. The molecular weight excluding hydrogens is 557 g/mol. The molecule has 0 N–H and O–H groups in total. The Bertz CT molecular complexity index is 470. The van der Waals surface area contributed by atoms with Crippen molar-refractivity contribution in [2.75, 3.05) is 0 Å². The van der Waals surface area contributed by atoms with Crippen LogP contribution in [0.4, 0.5) is 0 Å². The van der Waals surface area contributed by atoms with Crippen molar-refractivity contribution in [2.24, 2.45) is 0 Å². The van der Waals surface area contributed by atoms with Gasteiger partial charge in [-0.1, -0.05) is 270 Å². The fraction of sp³-hybridized carbons (Fsp3) is 0.955. The van der Waals surface area contributed by atoms with E-state index < -0.39 is 8.07 Å². The molecule has 1 heteroatoms. The zero-order valence-electron chi connectivity index (χ0n) is 32.4.